The monoisotopic (exact) mass is 204 g/mol. The number of benzene rings is 1. The van der Waals surface area contributed by atoms with Crippen LogP contribution in [0.25, 0.3) is 0 Å². The third kappa shape index (κ3) is 2.04. The van der Waals surface area contributed by atoms with E-state index < -0.39 is 0 Å². The molecule has 0 amide bonds. The van der Waals surface area contributed by atoms with Crippen molar-refractivity contribution in [1.82, 2.24) is 0 Å². The Labute approximate surface area is 90.3 Å². The van der Waals surface area contributed by atoms with Crippen LogP contribution in [0.4, 0.5) is 0 Å². The van der Waals surface area contributed by atoms with Gasteiger partial charge in [0.25, 0.3) is 0 Å². The highest BCUT2D eigenvalue weighted by atomic mass is 16.5. The summed E-state index contributed by atoms with van der Waals surface area (Å²) in [4.78, 5) is 11.8. The summed E-state index contributed by atoms with van der Waals surface area (Å²) in [6, 6.07) is 5.79. The van der Waals surface area contributed by atoms with Crippen molar-refractivity contribution in [2.45, 2.75) is 32.6 Å². The Balaban J connectivity index is 2.43. The summed E-state index contributed by atoms with van der Waals surface area (Å²) in [5.74, 6) is 1.16. The maximum atomic E-state index is 11.8. The smallest absolute Gasteiger partial charge is 0.163 e. The van der Waals surface area contributed by atoms with Crippen LogP contribution in [-0.4, -0.2) is 12.4 Å². The molecule has 0 aromatic heterocycles. The highest BCUT2D eigenvalue weighted by Crippen LogP contribution is 2.28. The number of carbonyl (C=O) groups is 1. The van der Waals surface area contributed by atoms with Gasteiger partial charge in [0.1, 0.15) is 5.75 Å². The van der Waals surface area contributed by atoms with E-state index in [0.717, 1.165) is 36.1 Å². The fourth-order valence-corrected chi connectivity index (χ4v) is 2.10. The third-order valence-corrected chi connectivity index (χ3v) is 2.81. The summed E-state index contributed by atoms with van der Waals surface area (Å²) in [6.07, 6.45) is 3.74. The van der Waals surface area contributed by atoms with E-state index in [0.29, 0.717) is 13.0 Å². The fourth-order valence-electron chi connectivity index (χ4n) is 2.10. The van der Waals surface area contributed by atoms with Gasteiger partial charge in [-0.1, -0.05) is 12.1 Å². The Morgan fingerprint density at radius 3 is 2.87 bits per heavy atom. The number of rotatable bonds is 2. The van der Waals surface area contributed by atoms with Crippen molar-refractivity contribution in [3.63, 3.8) is 0 Å². The summed E-state index contributed by atoms with van der Waals surface area (Å²) >= 11 is 0. The van der Waals surface area contributed by atoms with Crippen molar-refractivity contribution in [1.29, 1.82) is 0 Å². The molecule has 0 saturated heterocycles. The molecular formula is C13H16O2. The Morgan fingerprint density at radius 1 is 1.27 bits per heavy atom. The predicted octanol–water partition coefficient (Wildman–Crippen LogP) is 2.99. The van der Waals surface area contributed by atoms with Crippen LogP contribution in [0.1, 0.15) is 42.1 Å². The Bertz CT molecular complexity index is 369. The van der Waals surface area contributed by atoms with Crippen molar-refractivity contribution >= 4 is 5.78 Å². The summed E-state index contributed by atoms with van der Waals surface area (Å²) in [5, 5.41) is 0. The second kappa shape index (κ2) is 4.47. The largest absolute Gasteiger partial charge is 0.494 e. The average Bonchev–Trinajstić information content (AvgIpc) is 2.43. The maximum absolute atomic E-state index is 11.8. The molecule has 2 heteroatoms. The standard InChI is InChI=1S/C13H16O2/c1-2-15-13-9-5-7-10-11(13)6-3-4-8-12(10)14/h5,7,9H,2-4,6,8H2,1H3. The Morgan fingerprint density at radius 2 is 2.07 bits per heavy atom. The number of hydrogen-bond donors (Lipinski definition) is 0. The Hall–Kier alpha value is -1.31. The van der Waals surface area contributed by atoms with E-state index in [1.165, 1.54) is 0 Å². The van der Waals surface area contributed by atoms with Crippen molar-refractivity contribution in [3.05, 3.63) is 29.3 Å². The molecule has 2 rings (SSSR count). The number of hydrogen-bond acceptors (Lipinski definition) is 2. The molecule has 0 radical (unpaired) electrons. The zero-order valence-electron chi connectivity index (χ0n) is 9.08. The second-order valence-corrected chi connectivity index (χ2v) is 3.85. The molecule has 15 heavy (non-hydrogen) atoms. The van der Waals surface area contributed by atoms with Crippen LogP contribution in [-0.2, 0) is 6.42 Å². The lowest BCUT2D eigenvalue weighted by atomic mass is 10.0. The SMILES string of the molecule is CCOc1cccc2c1CCCCC2=O. The average molecular weight is 204 g/mol. The molecule has 1 aromatic carbocycles. The zero-order valence-corrected chi connectivity index (χ0v) is 9.08. The number of ketones is 1. The first kappa shape index (κ1) is 10.2. The van der Waals surface area contributed by atoms with Gasteiger partial charge in [-0.15, -0.1) is 0 Å². The molecule has 0 bridgehead atoms. The molecule has 80 valence electrons. The fraction of sp³-hybridized carbons (Fsp3) is 0.462. The van der Waals surface area contributed by atoms with Crippen molar-refractivity contribution < 1.29 is 9.53 Å². The Kier molecular flexibility index (Phi) is 3.05. The van der Waals surface area contributed by atoms with Gasteiger partial charge in [0.15, 0.2) is 5.78 Å². The van der Waals surface area contributed by atoms with Crippen LogP contribution < -0.4 is 4.74 Å². The molecular weight excluding hydrogens is 188 g/mol. The first-order valence-electron chi connectivity index (χ1n) is 5.61. The molecule has 1 aliphatic carbocycles. The number of carbonyl (C=O) groups excluding carboxylic acids is 1. The van der Waals surface area contributed by atoms with E-state index >= 15 is 0 Å². The molecule has 0 fully saturated rings. The molecule has 1 aliphatic rings. The van der Waals surface area contributed by atoms with Crippen LogP contribution in [0.3, 0.4) is 0 Å². The predicted molar refractivity (Wildman–Crippen MR) is 59.5 cm³/mol. The molecule has 0 heterocycles. The van der Waals surface area contributed by atoms with Gasteiger partial charge in [-0.2, -0.15) is 0 Å². The maximum Gasteiger partial charge on any atom is 0.163 e. The van der Waals surface area contributed by atoms with Crippen LogP contribution >= 0.6 is 0 Å². The number of fused-ring (bicyclic) bond motifs is 1. The normalized spacial score (nSPS) is 15.7. The van der Waals surface area contributed by atoms with Gasteiger partial charge in [-0.3, -0.25) is 4.79 Å². The molecule has 0 spiro atoms. The molecule has 0 aliphatic heterocycles. The summed E-state index contributed by atoms with van der Waals surface area (Å²) in [5.41, 5.74) is 1.99. The minimum atomic E-state index is 0.268. The molecule has 0 N–H and O–H groups in total. The van der Waals surface area contributed by atoms with Crippen molar-refractivity contribution in [2.24, 2.45) is 0 Å². The number of Topliss-reactive ketones (excluding diaryl/α,β-unsaturated/α-hetero) is 1. The summed E-state index contributed by atoms with van der Waals surface area (Å²) in [7, 11) is 0. The van der Waals surface area contributed by atoms with Crippen LogP contribution in [0.5, 0.6) is 5.75 Å². The lowest BCUT2D eigenvalue weighted by Crippen LogP contribution is -2.03. The van der Waals surface area contributed by atoms with Crippen molar-refractivity contribution in [2.75, 3.05) is 6.61 Å². The van der Waals surface area contributed by atoms with Gasteiger partial charge < -0.3 is 4.74 Å². The van der Waals surface area contributed by atoms with E-state index in [-0.39, 0.29) is 5.78 Å². The van der Waals surface area contributed by atoms with Gasteiger partial charge in [0, 0.05) is 17.5 Å². The zero-order chi connectivity index (χ0) is 10.7. The quantitative estimate of drug-likeness (QED) is 0.692. The van der Waals surface area contributed by atoms with Gasteiger partial charge >= 0.3 is 0 Å². The highest BCUT2D eigenvalue weighted by molar-refractivity contribution is 5.98. The van der Waals surface area contributed by atoms with Crippen LogP contribution in [0.2, 0.25) is 0 Å². The minimum absolute atomic E-state index is 0.268. The lowest BCUT2D eigenvalue weighted by molar-refractivity contribution is 0.0981. The lowest BCUT2D eigenvalue weighted by Gasteiger charge is -2.11. The molecule has 0 saturated carbocycles. The van der Waals surface area contributed by atoms with Gasteiger partial charge in [0.2, 0.25) is 0 Å². The second-order valence-electron chi connectivity index (χ2n) is 3.85. The van der Waals surface area contributed by atoms with E-state index in [1.807, 2.05) is 25.1 Å². The van der Waals surface area contributed by atoms with Crippen LogP contribution in [0, 0.1) is 0 Å². The summed E-state index contributed by atoms with van der Waals surface area (Å²) in [6.45, 7) is 2.63. The van der Waals surface area contributed by atoms with Crippen molar-refractivity contribution in [3.8, 4) is 5.75 Å². The molecule has 0 unspecified atom stereocenters. The minimum Gasteiger partial charge on any atom is -0.494 e. The first-order valence-corrected chi connectivity index (χ1v) is 5.61. The third-order valence-electron chi connectivity index (χ3n) is 2.81. The van der Waals surface area contributed by atoms with Gasteiger partial charge in [-0.05, 0) is 32.3 Å². The summed E-state index contributed by atoms with van der Waals surface area (Å²) < 4.78 is 5.56. The van der Waals surface area contributed by atoms with E-state index in [1.54, 1.807) is 0 Å². The molecule has 0 atom stereocenters. The van der Waals surface area contributed by atoms with E-state index in [9.17, 15) is 4.79 Å². The molecule has 1 aromatic rings. The number of ether oxygens (including phenoxy) is 1. The first-order chi connectivity index (χ1) is 7.33. The van der Waals surface area contributed by atoms with Crippen LogP contribution in [0.15, 0.2) is 18.2 Å². The topological polar surface area (TPSA) is 26.3 Å². The highest BCUT2D eigenvalue weighted by Gasteiger charge is 2.18. The van der Waals surface area contributed by atoms with Gasteiger partial charge in [0.05, 0.1) is 6.61 Å². The van der Waals surface area contributed by atoms with E-state index in [4.69, 9.17) is 4.74 Å². The van der Waals surface area contributed by atoms with E-state index in [2.05, 4.69) is 0 Å². The van der Waals surface area contributed by atoms with Gasteiger partial charge in [-0.25, -0.2) is 0 Å². The molecule has 2 nitrogen and oxygen atoms in total.